The number of benzene rings is 1. The minimum absolute atomic E-state index is 0.240. The molecule has 0 N–H and O–H groups in total. The fourth-order valence-corrected chi connectivity index (χ4v) is 5.04. The number of aromatic nitrogens is 3. The van der Waals surface area contributed by atoms with Crippen LogP contribution in [0.2, 0.25) is 0 Å². The SMILES string of the molecule is COCC1CCCN(c2nc(CN3CCC(Oc4cccnc4)CC3)nc3ccccc23)C1. The van der Waals surface area contributed by atoms with Crippen LogP contribution in [0.15, 0.2) is 48.8 Å². The number of hydrogen-bond donors (Lipinski definition) is 0. The molecule has 7 heteroatoms. The molecule has 174 valence electrons. The van der Waals surface area contributed by atoms with Gasteiger partial charge in [-0.15, -0.1) is 0 Å². The fourth-order valence-electron chi connectivity index (χ4n) is 5.04. The molecule has 1 aromatic carbocycles. The Hall–Kier alpha value is -2.77. The van der Waals surface area contributed by atoms with E-state index in [0.717, 1.165) is 80.5 Å². The Morgan fingerprint density at radius 2 is 1.88 bits per heavy atom. The summed E-state index contributed by atoms with van der Waals surface area (Å²) in [5.41, 5.74) is 1.03. The molecule has 0 amide bonds. The predicted molar refractivity (Wildman–Crippen MR) is 130 cm³/mol. The molecule has 0 radical (unpaired) electrons. The Morgan fingerprint density at radius 3 is 2.70 bits per heavy atom. The second-order valence-corrected chi connectivity index (χ2v) is 9.17. The van der Waals surface area contributed by atoms with Crippen molar-refractivity contribution in [2.75, 3.05) is 44.8 Å². The normalized spacial score (nSPS) is 20.3. The van der Waals surface area contributed by atoms with E-state index in [1.165, 1.54) is 12.8 Å². The number of para-hydroxylation sites is 1. The van der Waals surface area contributed by atoms with Gasteiger partial charge in [0.05, 0.1) is 24.9 Å². The van der Waals surface area contributed by atoms with E-state index in [-0.39, 0.29) is 6.10 Å². The maximum absolute atomic E-state index is 6.10. The number of anilines is 1. The van der Waals surface area contributed by atoms with Crippen molar-refractivity contribution in [3.63, 3.8) is 0 Å². The smallest absolute Gasteiger partial charge is 0.145 e. The molecule has 0 bridgehead atoms. The maximum Gasteiger partial charge on any atom is 0.145 e. The van der Waals surface area contributed by atoms with Crippen molar-refractivity contribution >= 4 is 16.7 Å². The van der Waals surface area contributed by atoms with Gasteiger partial charge in [-0.3, -0.25) is 9.88 Å². The fraction of sp³-hybridized carbons (Fsp3) is 0.500. The number of fused-ring (bicyclic) bond motifs is 1. The minimum atomic E-state index is 0.240. The monoisotopic (exact) mass is 447 g/mol. The zero-order valence-electron chi connectivity index (χ0n) is 19.4. The molecule has 0 saturated carbocycles. The highest BCUT2D eigenvalue weighted by molar-refractivity contribution is 5.89. The number of rotatable bonds is 7. The summed E-state index contributed by atoms with van der Waals surface area (Å²) in [6.45, 7) is 5.57. The van der Waals surface area contributed by atoms with Crippen LogP contribution in [0.4, 0.5) is 5.82 Å². The summed E-state index contributed by atoms with van der Waals surface area (Å²) in [7, 11) is 1.79. The van der Waals surface area contributed by atoms with Crippen LogP contribution in [-0.2, 0) is 11.3 Å². The predicted octanol–water partition coefficient (Wildman–Crippen LogP) is 3.93. The number of pyridine rings is 1. The highest BCUT2D eigenvalue weighted by Crippen LogP contribution is 2.29. The van der Waals surface area contributed by atoms with Crippen molar-refractivity contribution in [2.45, 2.75) is 38.3 Å². The van der Waals surface area contributed by atoms with E-state index in [1.54, 1.807) is 19.5 Å². The van der Waals surface area contributed by atoms with Crippen molar-refractivity contribution in [3.8, 4) is 5.75 Å². The summed E-state index contributed by atoms with van der Waals surface area (Å²) in [5, 5.41) is 1.14. The first-order valence-electron chi connectivity index (χ1n) is 12.1. The molecule has 0 spiro atoms. The van der Waals surface area contributed by atoms with E-state index in [0.29, 0.717) is 5.92 Å². The number of nitrogens with zero attached hydrogens (tertiary/aromatic N) is 5. The molecule has 0 aliphatic carbocycles. The van der Waals surface area contributed by atoms with Gasteiger partial charge in [-0.1, -0.05) is 12.1 Å². The van der Waals surface area contributed by atoms with E-state index < -0.39 is 0 Å². The maximum atomic E-state index is 6.10. The average molecular weight is 448 g/mol. The van der Waals surface area contributed by atoms with Crippen molar-refractivity contribution < 1.29 is 9.47 Å². The number of likely N-dealkylation sites (tertiary alicyclic amines) is 1. The third kappa shape index (κ3) is 5.42. The van der Waals surface area contributed by atoms with E-state index in [1.807, 2.05) is 12.1 Å². The van der Waals surface area contributed by atoms with Gasteiger partial charge >= 0.3 is 0 Å². The average Bonchev–Trinajstić information content (AvgIpc) is 2.86. The topological polar surface area (TPSA) is 63.6 Å². The first-order valence-corrected chi connectivity index (χ1v) is 12.1. The van der Waals surface area contributed by atoms with E-state index in [2.05, 4.69) is 39.0 Å². The lowest BCUT2D eigenvalue weighted by Crippen LogP contribution is -2.39. The van der Waals surface area contributed by atoms with Crippen molar-refractivity contribution in [3.05, 3.63) is 54.6 Å². The van der Waals surface area contributed by atoms with Crippen molar-refractivity contribution in [1.29, 1.82) is 0 Å². The molecule has 1 unspecified atom stereocenters. The third-order valence-electron chi connectivity index (χ3n) is 6.69. The molecule has 5 rings (SSSR count). The van der Waals surface area contributed by atoms with Gasteiger partial charge in [0.25, 0.3) is 0 Å². The zero-order chi connectivity index (χ0) is 22.5. The van der Waals surface area contributed by atoms with E-state index in [9.17, 15) is 0 Å². The van der Waals surface area contributed by atoms with Gasteiger partial charge in [0.2, 0.25) is 0 Å². The molecule has 7 nitrogen and oxygen atoms in total. The molecular weight excluding hydrogens is 414 g/mol. The van der Waals surface area contributed by atoms with Gasteiger partial charge < -0.3 is 14.4 Å². The molecule has 33 heavy (non-hydrogen) atoms. The first kappa shape index (κ1) is 22.0. The number of ether oxygens (including phenoxy) is 2. The Bertz CT molecular complexity index is 1040. The van der Waals surface area contributed by atoms with Gasteiger partial charge in [-0.25, -0.2) is 9.97 Å². The van der Waals surface area contributed by atoms with E-state index in [4.69, 9.17) is 19.4 Å². The highest BCUT2D eigenvalue weighted by atomic mass is 16.5. The van der Waals surface area contributed by atoms with Crippen LogP contribution < -0.4 is 9.64 Å². The van der Waals surface area contributed by atoms with Crippen LogP contribution in [0.1, 0.15) is 31.5 Å². The van der Waals surface area contributed by atoms with Crippen LogP contribution in [0.5, 0.6) is 5.75 Å². The lowest BCUT2D eigenvalue weighted by Gasteiger charge is -2.34. The summed E-state index contributed by atoms with van der Waals surface area (Å²) in [6.07, 6.45) is 8.19. The number of piperidine rings is 2. The third-order valence-corrected chi connectivity index (χ3v) is 6.69. The van der Waals surface area contributed by atoms with Crippen molar-refractivity contribution in [2.24, 2.45) is 5.92 Å². The molecule has 3 aromatic rings. The molecule has 2 fully saturated rings. The molecule has 2 saturated heterocycles. The zero-order valence-corrected chi connectivity index (χ0v) is 19.4. The summed E-state index contributed by atoms with van der Waals surface area (Å²) in [5.74, 6) is 3.39. The largest absolute Gasteiger partial charge is 0.489 e. The standard InChI is InChI=1S/C26H33N5O2/c1-32-19-20-6-5-13-31(17-20)26-23-8-2-3-9-24(23)28-25(29-26)18-30-14-10-21(11-15-30)33-22-7-4-12-27-16-22/h2-4,7-9,12,16,20-21H,5-6,10-11,13-15,17-19H2,1H3. The Labute approximate surface area is 195 Å². The quantitative estimate of drug-likeness (QED) is 0.544. The minimum Gasteiger partial charge on any atom is -0.489 e. The van der Waals surface area contributed by atoms with Gasteiger partial charge in [0, 0.05) is 44.9 Å². The van der Waals surface area contributed by atoms with Gasteiger partial charge in [0.1, 0.15) is 23.5 Å². The lowest BCUT2D eigenvalue weighted by atomic mass is 9.98. The number of methoxy groups -OCH3 is 1. The van der Waals surface area contributed by atoms with Gasteiger partial charge in [-0.2, -0.15) is 0 Å². The number of hydrogen-bond acceptors (Lipinski definition) is 7. The Balaban J connectivity index is 1.28. The summed E-state index contributed by atoms with van der Waals surface area (Å²) in [4.78, 5) is 19.0. The molecule has 2 aromatic heterocycles. The van der Waals surface area contributed by atoms with Crippen LogP contribution in [0.25, 0.3) is 10.9 Å². The second-order valence-electron chi connectivity index (χ2n) is 9.17. The van der Waals surface area contributed by atoms with E-state index >= 15 is 0 Å². The first-order chi connectivity index (χ1) is 16.3. The van der Waals surface area contributed by atoms with Gasteiger partial charge in [0.15, 0.2) is 0 Å². The summed E-state index contributed by atoms with van der Waals surface area (Å²) < 4.78 is 11.5. The summed E-state index contributed by atoms with van der Waals surface area (Å²) >= 11 is 0. The molecular formula is C26H33N5O2. The van der Waals surface area contributed by atoms with Crippen molar-refractivity contribution in [1.82, 2.24) is 19.9 Å². The van der Waals surface area contributed by atoms with Crippen LogP contribution in [0, 0.1) is 5.92 Å². The molecule has 2 aliphatic rings. The molecule has 4 heterocycles. The highest BCUT2D eigenvalue weighted by Gasteiger charge is 2.25. The van der Waals surface area contributed by atoms with Crippen LogP contribution >= 0.6 is 0 Å². The molecule has 1 atom stereocenters. The van der Waals surface area contributed by atoms with Gasteiger partial charge in [-0.05, 0) is 55.9 Å². The second kappa shape index (κ2) is 10.4. The van der Waals surface area contributed by atoms with Crippen LogP contribution in [-0.4, -0.2) is 65.9 Å². The summed E-state index contributed by atoms with van der Waals surface area (Å²) in [6, 6.07) is 12.3. The van der Waals surface area contributed by atoms with Crippen LogP contribution in [0.3, 0.4) is 0 Å². The lowest BCUT2D eigenvalue weighted by molar-refractivity contribution is 0.0951. The Kier molecular flexibility index (Phi) is 6.98. The molecule has 2 aliphatic heterocycles. The Morgan fingerprint density at radius 1 is 1.00 bits per heavy atom.